The first-order valence-electron chi connectivity index (χ1n) is 8.84. The fourth-order valence-corrected chi connectivity index (χ4v) is 3.38. The summed E-state index contributed by atoms with van der Waals surface area (Å²) in [6, 6.07) is 17.8. The molecule has 0 aliphatic rings. The number of aromatic nitrogens is 1. The first-order valence-corrected chi connectivity index (χ1v) is 9.82. The van der Waals surface area contributed by atoms with Gasteiger partial charge in [0.05, 0.1) is 0 Å². The number of aromatic amines is 1. The van der Waals surface area contributed by atoms with Crippen molar-refractivity contribution in [1.82, 2.24) is 4.98 Å². The van der Waals surface area contributed by atoms with Crippen molar-refractivity contribution in [2.75, 3.05) is 5.75 Å². The fourth-order valence-electron chi connectivity index (χ4n) is 2.68. The van der Waals surface area contributed by atoms with Crippen molar-refractivity contribution in [1.29, 1.82) is 0 Å². The van der Waals surface area contributed by atoms with Crippen molar-refractivity contribution in [3.05, 3.63) is 54.1 Å². The monoisotopic (exact) mass is 339 g/mol. The SMILES string of the molecule is CC.CCSc1ccc2[nH]c(-c3cccc(C(C)(C)C)c3)cc2c1. The summed E-state index contributed by atoms with van der Waals surface area (Å²) in [6.45, 7) is 13.0. The molecule has 0 radical (unpaired) electrons. The standard InChI is InChI=1S/C20H23NS.C2H6/c1-5-22-17-9-10-18-15(12-17)13-19(21-18)14-7-6-8-16(11-14)20(2,3)4;1-2/h6-13,21H,5H2,1-4H3;1-2H3. The lowest BCUT2D eigenvalue weighted by atomic mass is 9.86. The summed E-state index contributed by atoms with van der Waals surface area (Å²) in [6.07, 6.45) is 0. The molecule has 3 aromatic rings. The van der Waals surface area contributed by atoms with E-state index in [1.54, 1.807) is 0 Å². The van der Waals surface area contributed by atoms with Crippen LogP contribution in [0.25, 0.3) is 22.2 Å². The van der Waals surface area contributed by atoms with Gasteiger partial charge in [-0.05, 0) is 52.6 Å². The average molecular weight is 340 g/mol. The molecule has 24 heavy (non-hydrogen) atoms. The average Bonchev–Trinajstić information content (AvgIpc) is 3.00. The van der Waals surface area contributed by atoms with Crippen LogP contribution < -0.4 is 0 Å². The van der Waals surface area contributed by atoms with Gasteiger partial charge in [0.1, 0.15) is 0 Å². The van der Waals surface area contributed by atoms with Gasteiger partial charge in [0.25, 0.3) is 0 Å². The molecule has 1 heterocycles. The van der Waals surface area contributed by atoms with Crippen molar-refractivity contribution >= 4 is 22.7 Å². The second-order valence-corrected chi connectivity index (χ2v) is 8.03. The number of nitrogens with one attached hydrogen (secondary N) is 1. The summed E-state index contributed by atoms with van der Waals surface area (Å²) in [5.41, 5.74) is 5.20. The van der Waals surface area contributed by atoms with Crippen LogP contribution in [0.2, 0.25) is 0 Å². The van der Waals surface area contributed by atoms with Gasteiger partial charge in [-0.2, -0.15) is 0 Å². The van der Waals surface area contributed by atoms with E-state index in [-0.39, 0.29) is 5.41 Å². The molecule has 1 N–H and O–H groups in total. The predicted octanol–water partition coefficient (Wildman–Crippen LogP) is 7.27. The molecule has 2 aromatic carbocycles. The summed E-state index contributed by atoms with van der Waals surface area (Å²) in [5.74, 6) is 1.11. The molecule has 0 atom stereocenters. The lowest BCUT2D eigenvalue weighted by molar-refractivity contribution is 0.590. The van der Waals surface area contributed by atoms with Crippen molar-refractivity contribution < 1.29 is 0 Å². The van der Waals surface area contributed by atoms with Crippen LogP contribution in [0.5, 0.6) is 0 Å². The minimum absolute atomic E-state index is 0.174. The van der Waals surface area contributed by atoms with Crippen molar-refractivity contribution in [3.8, 4) is 11.3 Å². The first kappa shape index (κ1) is 18.7. The Labute approximate surface area is 150 Å². The number of fused-ring (bicyclic) bond motifs is 1. The number of hydrogen-bond acceptors (Lipinski definition) is 1. The number of rotatable bonds is 3. The molecule has 0 aliphatic heterocycles. The van der Waals surface area contributed by atoms with Crippen LogP contribution >= 0.6 is 11.8 Å². The molecule has 0 saturated carbocycles. The third kappa shape index (κ3) is 4.24. The van der Waals surface area contributed by atoms with Crippen LogP contribution in [0.3, 0.4) is 0 Å². The largest absolute Gasteiger partial charge is 0.355 e. The number of hydrogen-bond donors (Lipinski definition) is 1. The number of benzene rings is 2. The topological polar surface area (TPSA) is 15.8 Å². The van der Waals surface area contributed by atoms with Crippen molar-refractivity contribution in [2.45, 2.75) is 51.9 Å². The molecule has 128 valence electrons. The molecular formula is C22H29NS. The molecule has 0 bridgehead atoms. The highest BCUT2D eigenvalue weighted by molar-refractivity contribution is 7.99. The van der Waals surface area contributed by atoms with Gasteiger partial charge >= 0.3 is 0 Å². The lowest BCUT2D eigenvalue weighted by Gasteiger charge is -2.19. The highest BCUT2D eigenvalue weighted by Gasteiger charge is 2.14. The van der Waals surface area contributed by atoms with Gasteiger partial charge in [-0.15, -0.1) is 11.8 Å². The van der Waals surface area contributed by atoms with E-state index in [4.69, 9.17) is 0 Å². The van der Waals surface area contributed by atoms with Gasteiger partial charge < -0.3 is 4.98 Å². The quantitative estimate of drug-likeness (QED) is 0.496. The lowest BCUT2D eigenvalue weighted by Crippen LogP contribution is -2.10. The van der Waals surface area contributed by atoms with Crippen LogP contribution in [0.4, 0.5) is 0 Å². The van der Waals surface area contributed by atoms with E-state index < -0.39 is 0 Å². The zero-order valence-corrected chi connectivity index (χ0v) is 16.6. The Morgan fingerprint density at radius 2 is 1.71 bits per heavy atom. The highest BCUT2D eigenvalue weighted by atomic mass is 32.2. The van der Waals surface area contributed by atoms with Crippen molar-refractivity contribution in [2.24, 2.45) is 0 Å². The maximum Gasteiger partial charge on any atom is 0.0464 e. The van der Waals surface area contributed by atoms with Gasteiger partial charge in [0, 0.05) is 21.5 Å². The second-order valence-electron chi connectivity index (χ2n) is 6.70. The first-order chi connectivity index (χ1) is 11.5. The highest BCUT2D eigenvalue weighted by Crippen LogP contribution is 2.30. The minimum atomic E-state index is 0.174. The maximum atomic E-state index is 3.55. The molecule has 0 fully saturated rings. The zero-order chi connectivity index (χ0) is 17.7. The van der Waals surface area contributed by atoms with E-state index in [1.807, 2.05) is 25.6 Å². The van der Waals surface area contributed by atoms with Gasteiger partial charge in [-0.25, -0.2) is 0 Å². The summed E-state index contributed by atoms with van der Waals surface area (Å²) in [4.78, 5) is 4.89. The molecule has 1 aromatic heterocycles. The Hall–Kier alpha value is -1.67. The number of thioether (sulfide) groups is 1. The molecule has 0 amide bonds. The van der Waals surface area contributed by atoms with Crippen LogP contribution in [-0.4, -0.2) is 10.7 Å². The Morgan fingerprint density at radius 3 is 2.38 bits per heavy atom. The van der Waals surface area contributed by atoms with Gasteiger partial charge in [-0.1, -0.05) is 59.7 Å². The zero-order valence-electron chi connectivity index (χ0n) is 15.7. The van der Waals surface area contributed by atoms with E-state index >= 15 is 0 Å². The van der Waals surface area contributed by atoms with Gasteiger partial charge in [0.15, 0.2) is 0 Å². The van der Waals surface area contributed by atoms with E-state index in [9.17, 15) is 0 Å². The fraction of sp³-hybridized carbons (Fsp3) is 0.364. The second kappa shape index (κ2) is 7.94. The van der Waals surface area contributed by atoms with Gasteiger partial charge in [-0.3, -0.25) is 0 Å². The van der Waals surface area contributed by atoms with Crippen LogP contribution in [0, 0.1) is 0 Å². The van der Waals surface area contributed by atoms with E-state index in [0.717, 1.165) is 5.75 Å². The maximum absolute atomic E-state index is 3.55. The molecule has 0 spiro atoms. The Bertz CT molecular complexity index is 793. The molecule has 0 saturated heterocycles. The van der Waals surface area contributed by atoms with E-state index in [2.05, 4.69) is 81.2 Å². The third-order valence-electron chi connectivity index (χ3n) is 3.94. The summed E-state index contributed by atoms with van der Waals surface area (Å²) in [5, 5.41) is 1.29. The molecule has 0 aliphatic carbocycles. The molecule has 1 nitrogen and oxygen atoms in total. The van der Waals surface area contributed by atoms with Gasteiger partial charge in [0.2, 0.25) is 0 Å². The third-order valence-corrected chi connectivity index (χ3v) is 4.82. The molecule has 0 unspecified atom stereocenters. The van der Waals surface area contributed by atoms with Crippen LogP contribution in [0.1, 0.15) is 47.1 Å². The summed E-state index contributed by atoms with van der Waals surface area (Å²) in [7, 11) is 0. The molecule has 2 heteroatoms. The van der Waals surface area contributed by atoms with Crippen LogP contribution in [0.15, 0.2) is 53.4 Å². The van der Waals surface area contributed by atoms with Crippen molar-refractivity contribution in [3.63, 3.8) is 0 Å². The predicted molar refractivity (Wildman–Crippen MR) is 110 cm³/mol. The normalized spacial score (nSPS) is 11.2. The number of H-pyrrole nitrogens is 1. The van der Waals surface area contributed by atoms with E-state index in [0.29, 0.717) is 0 Å². The van der Waals surface area contributed by atoms with E-state index in [1.165, 1.54) is 32.6 Å². The summed E-state index contributed by atoms with van der Waals surface area (Å²) < 4.78 is 0. The van der Waals surface area contributed by atoms with Crippen LogP contribution in [-0.2, 0) is 5.41 Å². The minimum Gasteiger partial charge on any atom is -0.355 e. The molecule has 3 rings (SSSR count). The Kier molecular flexibility index (Phi) is 6.17. The smallest absolute Gasteiger partial charge is 0.0464 e. The molecular weight excluding hydrogens is 310 g/mol. The Morgan fingerprint density at radius 1 is 0.958 bits per heavy atom. The summed E-state index contributed by atoms with van der Waals surface area (Å²) >= 11 is 1.89. The Balaban J connectivity index is 0.00000100.